The van der Waals surface area contributed by atoms with Gasteiger partial charge in [-0.2, -0.15) is 2.52 Å². The van der Waals surface area contributed by atoms with Crippen LogP contribution in [-0.2, 0) is 0 Å². The van der Waals surface area contributed by atoms with Gasteiger partial charge in [0, 0.05) is 33.8 Å². The molecule has 1 fully saturated rings. The fourth-order valence-corrected chi connectivity index (χ4v) is 4.14. The predicted octanol–water partition coefficient (Wildman–Crippen LogP) is 4.19. The van der Waals surface area contributed by atoms with Crippen LogP contribution in [0.2, 0.25) is 0 Å². The van der Waals surface area contributed by atoms with Gasteiger partial charge in [-0.05, 0) is 52.9 Å². The molecule has 1 aromatic rings. The lowest BCUT2D eigenvalue weighted by molar-refractivity contribution is 0.611. The predicted molar refractivity (Wildman–Crippen MR) is 76.2 cm³/mol. The van der Waals surface area contributed by atoms with Crippen molar-refractivity contribution in [1.82, 2.24) is 2.52 Å². The summed E-state index contributed by atoms with van der Waals surface area (Å²) in [6.45, 7) is 0.865. The third kappa shape index (κ3) is 2.09. The van der Waals surface area contributed by atoms with E-state index in [4.69, 9.17) is 0 Å². The first-order valence-corrected chi connectivity index (χ1v) is 7.55. The molecule has 0 amide bonds. The molecule has 0 aromatic heterocycles. The van der Waals surface area contributed by atoms with E-state index in [1.54, 1.807) is 18.0 Å². The summed E-state index contributed by atoms with van der Waals surface area (Å²) < 4.78 is 16.3. The van der Waals surface area contributed by atoms with Gasteiger partial charge in [0.2, 0.25) is 0 Å². The fraction of sp³-hybridized carbons (Fsp3) is 0.400. The number of rotatable bonds is 1. The molecule has 3 rings (SSSR count). The molecule has 0 spiro atoms. The molecule has 2 aliphatic rings. The van der Waals surface area contributed by atoms with E-state index in [9.17, 15) is 4.39 Å². The van der Waals surface area contributed by atoms with Crippen LogP contribution in [-0.4, -0.2) is 15.2 Å². The van der Waals surface area contributed by atoms with Crippen molar-refractivity contribution < 1.29 is 4.39 Å². The second-order valence-corrected chi connectivity index (χ2v) is 7.72. The molecular formula is C10H9BrFIN2S. The average Bonchev–Trinajstić information content (AvgIpc) is 3.03. The highest BCUT2D eigenvalue weighted by atomic mass is 127. The topological polar surface area (TPSA) is 6.48 Å². The van der Waals surface area contributed by atoms with Crippen LogP contribution in [0.4, 0.5) is 10.1 Å². The Balaban J connectivity index is 2.05. The third-order valence-corrected chi connectivity index (χ3v) is 5.10. The van der Waals surface area contributed by atoms with Gasteiger partial charge in [0.1, 0.15) is 5.82 Å². The van der Waals surface area contributed by atoms with E-state index >= 15 is 0 Å². The van der Waals surface area contributed by atoms with Gasteiger partial charge in [-0.25, -0.2) is 4.39 Å². The quantitative estimate of drug-likeness (QED) is 0.386. The van der Waals surface area contributed by atoms with Crippen molar-refractivity contribution in [1.29, 1.82) is 0 Å². The van der Waals surface area contributed by atoms with Gasteiger partial charge in [-0.3, -0.25) is 0 Å². The van der Waals surface area contributed by atoms with Gasteiger partial charge in [-0.1, -0.05) is 0 Å². The summed E-state index contributed by atoms with van der Waals surface area (Å²) in [5, 5.41) is 0. The number of hydrogen-bond donors (Lipinski definition) is 0. The fourth-order valence-electron chi connectivity index (χ4n) is 1.85. The van der Waals surface area contributed by atoms with Crippen LogP contribution in [0.1, 0.15) is 12.8 Å². The Morgan fingerprint density at radius 1 is 1.44 bits per heavy atom. The zero-order valence-electron chi connectivity index (χ0n) is 8.29. The lowest BCUT2D eigenvalue weighted by atomic mass is 10.2. The van der Waals surface area contributed by atoms with Crippen LogP contribution in [0.25, 0.3) is 0 Å². The summed E-state index contributed by atoms with van der Waals surface area (Å²) in [7, 11) is 0. The van der Waals surface area contributed by atoms with Crippen molar-refractivity contribution in [3.05, 3.63) is 22.4 Å². The third-order valence-electron chi connectivity index (χ3n) is 2.76. The maximum atomic E-state index is 13.6. The van der Waals surface area contributed by atoms with Crippen LogP contribution in [0.3, 0.4) is 0 Å². The Labute approximate surface area is 120 Å². The maximum absolute atomic E-state index is 13.6. The van der Waals surface area contributed by atoms with Crippen molar-refractivity contribution in [2.45, 2.75) is 23.8 Å². The second-order valence-electron chi connectivity index (χ2n) is 3.99. The lowest BCUT2D eigenvalue weighted by Gasteiger charge is -2.34. The van der Waals surface area contributed by atoms with Crippen LogP contribution in [0.15, 0.2) is 21.5 Å². The van der Waals surface area contributed by atoms with Gasteiger partial charge >= 0.3 is 0 Å². The summed E-state index contributed by atoms with van der Waals surface area (Å²) in [5.74, 6) is -0.174. The highest BCUT2D eigenvalue weighted by Crippen LogP contribution is 2.45. The highest BCUT2D eigenvalue weighted by molar-refractivity contribution is 14.1. The first-order chi connectivity index (χ1) is 7.65. The molecule has 0 atom stereocenters. The molecule has 0 unspecified atom stereocenters. The van der Waals surface area contributed by atoms with Crippen LogP contribution >= 0.6 is 50.7 Å². The zero-order valence-corrected chi connectivity index (χ0v) is 12.8. The van der Waals surface area contributed by atoms with E-state index in [1.807, 2.05) is 6.07 Å². The van der Waals surface area contributed by atoms with Crippen molar-refractivity contribution in [2.75, 3.05) is 11.6 Å². The molecule has 1 saturated carbocycles. The summed E-state index contributed by atoms with van der Waals surface area (Å²) in [4.78, 5) is 3.43. The van der Waals surface area contributed by atoms with Crippen molar-refractivity contribution in [2.24, 2.45) is 0 Å². The molecule has 1 aliphatic heterocycles. The molecule has 16 heavy (non-hydrogen) atoms. The molecule has 1 heterocycles. The normalized spacial score (nSPS) is 21.1. The van der Waals surface area contributed by atoms with E-state index in [1.165, 1.54) is 12.8 Å². The molecule has 6 heteroatoms. The number of benzene rings is 1. The summed E-state index contributed by atoms with van der Waals surface area (Å²) >= 11 is 7.20. The monoisotopic (exact) mass is 414 g/mol. The highest BCUT2D eigenvalue weighted by Gasteiger charge is 2.34. The molecular weight excluding hydrogens is 406 g/mol. The van der Waals surface area contributed by atoms with Crippen molar-refractivity contribution in [3.8, 4) is 0 Å². The second kappa shape index (κ2) is 4.29. The molecule has 0 bridgehead atoms. The molecule has 1 aromatic carbocycles. The first kappa shape index (κ1) is 11.6. The van der Waals surface area contributed by atoms with E-state index in [2.05, 4.69) is 46.2 Å². The number of hydrogen-bond acceptors (Lipinski definition) is 3. The van der Waals surface area contributed by atoms with Gasteiger partial charge in [0.05, 0.1) is 16.8 Å². The van der Waals surface area contributed by atoms with Crippen molar-refractivity contribution in [3.63, 3.8) is 0 Å². The van der Waals surface area contributed by atoms with Gasteiger partial charge in [0.25, 0.3) is 0 Å². The van der Waals surface area contributed by atoms with Crippen LogP contribution in [0.5, 0.6) is 0 Å². The maximum Gasteiger partial charge on any atom is 0.139 e. The van der Waals surface area contributed by atoms with E-state index in [0.717, 1.165) is 17.3 Å². The smallest absolute Gasteiger partial charge is 0.139 e. The minimum absolute atomic E-state index is 0.174. The molecule has 86 valence electrons. The SMILES string of the molecule is Fc1cc2c(cc1Br)SN(I)CN2C1CC1. The first-order valence-electron chi connectivity index (χ1n) is 5.02. The largest absolute Gasteiger partial charge is 0.353 e. The standard InChI is InChI=1S/C10H9BrFIN2S/c11-7-3-10-9(4-8(7)12)14(6-1-2-6)5-15(13)16-10/h3-4,6H,1-2,5H2. The Kier molecular flexibility index (Phi) is 3.10. The molecule has 0 saturated heterocycles. The zero-order chi connectivity index (χ0) is 11.3. The number of nitrogens with zero attached hydrogens (tertiary/aromatic N) is 2. The van der Waals surface area contributed by atoms with Gasteiger partial charge < -0.3 is 4.90 Å². The molecule has 1 aliphatic carbocycles. The Morgan fingerprint density at radius 3 is 2.88 bits per heavy atom. The van der Waals surface area contributed by atoms with Crippen LogP contribution < -0.4 is 4.90 Å². The minimum atomic E-state index is -0.174. The summed E-state index contributed by atoms with van der Waals surface area (Å²) in [6.07, 6.45) is 2.46. The van der Waals surface area contributed by atoms with Gasteiger partial charge in [0.15, 0.2) is 0 Å². The lowest BCUT2D eigenvalue weighted by Crippen LogP contribution is -2.35. The molecule has 2 nitrogen and oxygen atoms in total. The van der Waals surface area contributed by atoms with E-state index in [-0.39, 0.29) is 5.82 Å². The van der Waals surface area contributed by atoms with E-state index < -0.39 is 0 Å². The van der Waals surface area contributed by atoms with Gasteiger partial charge in [-0.15, -0.1) is 0 Å². The van der Waals surface area contributed by atoms with E-state index in [0.29, 0.717) is 10.5 Å². The number of halogens is 3. The Hall–Kier alpha value is 0.470. The summed E-state index contributed by atoms with van der Waals surface area (Å²) in [5.41, 5.74) is 1.04. The molecule has 0 radical (unpaired) electrons. The summed E-state index contributed by atoms with van der Waals surface area (Å²) in [6, 6.07) is 4.13. The minimum Gasteiger partial charge on any atom is -0.353 e. The molecule has 0 N–H and O–H groups in total. The Bertz CT molecular complexity index is 441. The number of fused-ring (bicyclic) bond motifs is 1. The number of anilines is 1. The van der Waals surface area contributed by atoms with Crippen LogP contribution in [0, 0.1) is 5.82 Å². The van der Waals surface area contributed by atoms with Crippen molar-refractivity contribution >= 4 is 56.4 Å². The Morgan fingerprint density at radius 2 is 2.19 bits per heavy atom. The average molecular weight is 415 g/mol.